The fourth-order valence-corrected chi connectivity index (χ4v) is 4.70. The number of para-hydroxylation sites is 1. The molecule has 1 aliphatic carbocycles. The first-order valence-electron chi connectivity index (χ1n) is 9.45. The highest BCUT2D eigenvalue weighted by atomic mass is 35.5. The second-order valence-electron chi connectivity index (χ2n) is 8.00. The minimum Gasteiger partial charge on any atom is -0.331 e. The first kappa shape index (κ1) is 18.5. The fourth-order valence-electron chi connectivity index (χ4n) is 4.30. The number of hydrazone groups is 1. The number of halogens is 1. The minimum absolute atomic E-state index is 0.102. The van der Waals surface area contributed by atoms with Crippen LogP contribution in [0.3, 0.4) is 0 Å². The van der Waals surface area contributed by atoms with Gasteiger partial charge in [-0.25, -0.2) is 5.01 Å². The molecular formula is C22H24ClN3S. The summed E-state index contributed by atoms with van der Waals surface area (Å²) in [4.78, 5) is 0. The summed E-state index contributed by atoms with van der Waals surface area (Å²) in [6.45, 7) is 4.60. The van der Waals surface area contributed by atoms with Crippen LogP contribution < -0.4 is 5.32 Å². The van der Waals surface area contributed by atoms with Crippen molar-refractivity contribution in [2.24, 2.45) is 16.4 Å². The average Bonchev–Trinajstić information content (AvgIpc) is 3.04. The van der Waals surface area contributed by atoms with Crippen molar-refractivity contribution in [3.63, 3.8) is 0 Å². The van der Waals surface area contributed by atoms with E-state index in [9.17, 15) is 0 Å². The summed E-state index contributed by atoms with van der Waals surface area (Å²) in [5.74, 6) is 0.380. The number of hydrogen-bond acceptors (Lipinski definition) is 2. The van der Waals surface area contributed by atoms with Gasteiger partial charge >= 0.3 is 0 Å². The molecule has 1 fully saturated rings. The Morgan fingerprint density at radius 2 is 1.85 bits per heavy atom. The molecule has 2 aromatic carbocycles. The zero-order valence-electron chi connectivity index (χ0n) is 15.7. The predicted octanol–water partition coefficient (Wildman–Crippen LogP) is 6.28. The lowest BCUT2D eigenvalue weighted by molar-refractivity contribution is 0.283. The average molecular weight is 398 g/mol. The first-order valence-corrected chi connectivity index (χ1v) is 10.2. The van der Waals surface area contributed by atoms with E-state index in [1.165, 1.54) is 24.1 Å². The highest BCUT2D eigenvalue weighted by molar-refractivity contribution is 7.80. The molecule has 2 atom stereocenters. The Morgan fingerprint density at radius 3 is 2.56 bits per heavy atom. The molecule has 5 heteroatoms. The number of anilines is 1. The molecule has 0 bridgehead atoms. The molecule has 0 saturated heterocycles. The van der Waals surface area contributed by atoms with E-state index in [-0.39, 0.29) is 11.5 Å². The van der Waals surface area contributed by atoms with Gasteiger partial charge in [0, 0.05) is 27.8 Å². The zero-order chi connectivity index (χ0) is 19.0. The van der Waals surface area contributed by atoms with Gasteiger partial charge in [0.2, 0.25) is 0 Å². The zero-order valence-corrected chi connectivity index (χ0v) is 17.2. The van der Waals surface area contributed by atoms with Crippen LogP contribution in [-0.2, 0) is 0 Å². The second-order valence-corrected chi connectivity index (χ2v) is 8.83. The third-order valence-corrected chi connectivity index (χ3v) is 6.21. The topological polar surface area (TPSA) is 27.6 Å². The van der Waals surface area contributed by atoms with E-state index in [0.717, 1.165) is 17.1 Å². The maximum atomic E-state index is 6.13. The molecule has 1 aliphatic heterocycles. The maximum absolute atomic E-state index is 6.13. The Labute approximate surface area is 171 Å². The molecule has 3 nitrogen and oxygen atoms in total. The summed E-state index contributed by atoms with van der Waals surface area (Å²) < 4.78 is 0. The SMILES string of the molecule is CC1(C)CCCC2C1=NN(C(=S)Nc1ccccc1)C2c1ccc(Cl)cc1. The van der Waals surface area contributed by atoms with Gasteiger partial charge in [-0.15, -0.1) is 0 Å². The molecule has 0 aromatic heterocycles. The monoisotopic (exact) mass is 397 g/mol. The quantitative estimate of drug-likeness (QED) is 0.604. The highest BCUT2D eigenvalue weighted by Gasteiger charge is 2.47. The second kappa shape index (κ2) is 7.25. The van der Waals surface area contributed by atoms with Crippen molar-refractivity contribution in [3.8, 4) is 0 Å². The van der Waals surface area contributed by atoms with Crippen LogP contribution in [0.4, 0.5) is 5.69 Å². The molecule has 0 spiro atoms. The van der Waals surface area contributed by atoms with Crippen LogP contribution in [-0.4, -0.2) is 15.8 Å². The molecule has 2 unspecified atom stereocenters. The summed E-state index contributed by atoms with van der Waals surface area (Å²) in [5, 5.41) is 11.8. The van der Waals surface area contributed by atoms with Gasteiger partial charge in [-0.3, -0.25) is 0 Å². The minimum atomic E-state index is 0.102. The van der Waals surface area contributed by atoms with Crippen LogP contribution in [0.2, 0.25) is 5.02 Å². The van der Waals surface area contributed by atoms with Gasteiger partial charge in [0.15, 0.2) is 5.11 Å². The Hall–Kier alpha value is -1.91. The van der Waals surface area contributed by atoms with Crippen molar-refractivity contribution in [1.29, 1.82) is 0 Å². The van der Waals surface area contributed by atoms with E-state index in [4.69, 9.17) is 28.9 Å². The molecule has 1 N–H and O–H groups in total. The lowest BCUT2D eigenvalue weighted by Gasteiger charge is -2.36. The van der Waals surface area contributed by atoms with Gasteiger partial charge in [0.25, 0.3) is 0 Å². The number of hydrogen-bond donors (Lipinski definition) is 1. The highest BCUT2D eigenvalue weighted by Crippen LogP contribution is 2.48. The van der Waals surface area contributed by atoms with E-state index in [0.29, 0.717) is 11.0 Å². The van der Waals surface area contributed by atoms with Gasteiger partial charge in [-0.1, -0.05) is 62.2 Å². The van der Waals surface area contributed by atoms with Crippen molar-refractivity contribution in [1.82, 2.24) is 5.01 Å². The predicted molar refractivity (Wildman–Crippen MR) is 117 cm³/mol. The molecule has 1 heterocycles. The molecule has 27 heavy (non-hydrogen) atoms. The number of fused-ring (bicyclic) bond motifs is 1. The number of rotatable bonds is 2. The third-order valence-electron chi connectivity index (χ3n) is 5.67. The summed E-state index contributed by atoms with van der Waals surface area (Å²) in [7, 11) is 0. The molecule has 0 amide bonds. The number of thiocarbonyl (C=S) groups is 1. The van der Waals surface area contributed by atoms with Crippen molar-refractivity contribution >= 4 is 40.3 Å². The standard InChI is InChI=1S/C22H24ClN3S/c1-22(2)14-6-9-18-19(15-10-12-16(23)13-11-15)26(25-20(18)22)21(27)24-17-7-4-3-5-8-17/h3-5,7-8,10-13,18-19H,6,9,14H2,1-2H3,(H,24,27). The third kappa shape index (κ3) is 3.61. The summed E-state index contributed by atoms with van der Waals surface area (Å²) in [5.41, 5.74) is 3.56. The maximum Gasteiger partial charge on any atom is 0.194 e. The van der Waals surface area contributed by atoms with Crippen LogP contribution in [0.1, 0.15) is 44.7 Å². The number of nitrogens with zero attached hydrogens (tertiary/aromatic N) is 2. The Kier molecular flexibility index (Phi) is 4.95. The smallest absolute Gasteiger partial charge is 0.194 e. The molecule has 2 aliphatic rings. The van der Waals surface area contributed by atoms with Crippen molar-refractivity contribution in [3.05, 3.63) is 65.2 Å². The van der Waals surface area contributed by atoms with E-state index < -0.39 is 0 Å². The Morgan fingerprint density at radius 1 is 1.15 bits per heavy atom. The van der Waals surface area contributed by atoms with Crippen molar-refractivity contribution < 1.29 is 0 Å². The van der Waals surface area contributed by atoms with Gasteiger partial charge in [0.05, 0.1) is 6.04 Å². The molecule has 4 rings (SSSR count). The first-order chi connectivity index (χ1) is 13.0. The summed E-state index contributed by atoms with van der Waals surface area (Å²) in [6, 6.07) is 18.3. The number of benzene rings is 2. The molecular weight excluding hydrogens is 374 g/mol. The fraction of sp³-hybridized carbons (Fsp3) is 0.364. The van der Waals surface area contributed by atoms with E-state index in [1.54, 1.807) is 0 Å². The Balaban J connectivity index is 1.70. The van der Waals surface area contributed by atoms with Crippen molar-refractivity contribution in [2.45, 2.75) is 39.2 Å². The molecule has 1 saturated carbocycles. The van der Waals surface area contributed by atoms with Crippen LogP contribution in [0.5, 0.6) is 0 Å². The van der Waals surface area contributed by atoms with Crippen LogP contribution in [0.25, 0.3) is 0 Å². The van der Waals surface area contributed by atoms with Gasteiger partial charge in [0.1, 0.15) is 0 Å². The van der Waals surface area contributed by atoms with Gasteiger partial charge < -0.3 is 5.32 Å². The lowest BCUT2D eigenvalue weighted by atomic mass is 9.68. The summed E-state index contributed by atoms with van der Waals surface area (Å²) >= 11 is 11.9. The summed E-state index contributed by atoms with van der Waals surface area (Å²) in [6.07, 6.45) is 3.52. The van der Waals surface area contributed by atoms with Gasteiger partial charge in [-0.2, -0.15) is 5.10 Å². The normalized spacial score (nSPS) is 23.5. The van der Waals surface area contributed by atoms with Crippen LogP contribution >= 0.6 is 23.8 Å². The van der Waals surface area contributed by atoms with Gasteiger partial charge in [-0.05, 0) is 54.9 Å². The van der Waals surface area contributed by atoms with Crippen molar-refractivity contribution in [2.75, 3.05) is 5.32 Å². The lowest BCUT2D eigenvalue weighted by Crippen LogP contribution is -2.37. The van der Waals surface area contributed by atoms with Crippen LogP contribution in [0.15, 0.2) is 59.7 Å². The molecule has 140 valence electrons. The number of nitrogens with one attached hydrogen (secondary N) is 1. The Bertz CT molecular complexity index is 861. The van der Waals surface area contributed by atoms with E-state index in [1.807, 2.05) is 47.5 Å². The van der Waals surface area contributed by atoms with E-state index in [2.05, 4.69) is 31.3 Å². The molecule has 0 radical (unpaired) electrons. The van der Waals surface area contributed by atoms with E-state index >= 15 is 0 Å². The molecule has 2 aromatic rings. The largest absolute Gasteiger partial charge is 0.331 e. The van der Waals surface area contributed by atoms with Crippen LogP contribution in [0, 0.1) is 11.3 Å².